The average molecular weight is 229 g/mol. The molecule has 3 heteroatoms. The van der Waals surface area contributed by atoms with Crippen LogP contribution in [0.2, 0.25) is 0 Å². The second-order valence-corrected chi connectivity index (χ2v) is 5.23. The van der Waals surface area contributed by atoms with E-state index in [1.54, 1.807) is 0 Å². The maximum atomic E-state index is 3.48. The maximum absolute atomic E-state index is 3.48. The summed E-state index contributed by atoms with van der Waals surface area (Å²) in [6.45, 7) is 10.4. The number of rotatable bonds is 10. The highest BCUT2D eigenvalue weighted by Crippen LogP contribution is 1.98. The first-order chi connectivity index (χ1) is 7.56. The van der Waals surface area contributed by atoms with E-state index in [-0.39, 0.29) is 0 Å². The normalized spacial score (nSPS) is 13.7. The number of hydrogen-bond acceptors (Lipinski definition) is 3. The van der Waals surface area contributed by atoms with Crippen LogP contribution in [0, 0.1) is 5.92 Å². The Balaban J connectivity index is 3.42. The maximum Gasteiger partial charge on any atom is 0.00161 e. The molecule has 0 aliphatic heterocycles. The van der Waals surface area contributed by atoms with Gasteiger partial charge in [0.1, 0.15) is 0 Å². The van der Waals surface area contributed by atoms with E-state index < -0.39 is 0 Å². The van der Waals surface area contributed by atoms with E-state index in [1.807, 2.05) is 0 Å². The zero-order valence-electron chi connectivity index (χ0n) is 11.9. The van der Waals surface area contributed by atoms with E-state index >= 15 is 0 Å². The molecule has 0 aromatic rings. The van der Waals surface area contributed by atoms with Crippen molar-refractivity contribution in [2.24, 2.45) is 5.92 Å². The van der Waals surface area contributed by atoms with Crippen LogP contribution >= 0.6 is 0 Å². The average Bonchev–Trinajstić information content (AvgIpc) is 2.17. The second-order valence-electron chi connectivity index (χ2n) is 5.23. The molecule has 0 spiro atoms. The zero-order valence-corrected chi connectivity index (χ0v) is 11.9. The quantitative estimate of drug-likeness (QED) is 0.573. The summed E-state index contributed by atoms with van der Waals surface area (Å²) in [5.41, 5.74) is 0. The highest BCUT2D eigenvalue weighted by molar-refractivity contribution is 4.62. The molecule has 1 N–H and O–H groups in total. The summed E-state index contributed by atoms with van der Waals surface area (Å²) in [6, 6.07) is 0. The molecule has 0 heterocycles. The third kappa shape index (κ3) is 10.4. The van der Waals surface area contributed by atoms with Gasteiger partial charge in [-0.3, -0.25) is 0 Å². The molecule has 0 amide bonds. The molecule has 1 atom stereocenters. The van der Waals surface area contributed by atoms with Crippen molar-refractivity contribution in [2.45, 2.75) is 26.7 Å². The lowest BCUT2D eigenvalue weighted by Crippen LogP contribution is -2.32. The van der Waals surface area contributed by atoms with E-state index in [9.17, 15) is 0 Å². The van der Waals surface area contributed by atoms with Crippen LogP contribution < -0.4 is 5.32 Å². The van der Waals surface area contributed by atoms with Crippen LogP contribution in [0.25, 0.3) is 0 Å². The largest absolute Gasteiger partial charge is 0.316 e. The molecule has 0 aromatic heterocycles. The first-order valence-corrected chi connectivity index (χ1v) is 6.60. The summed E-state index contributed by atoms with van der Waals surface area (Å²) in [5.74, 6) is 0.746. The minimum Gasteiger partial charge on any atom is -0.316 e. The predicted octanol–water partition coefficient (Wildman–Crippen LogP) is 1.51. The molecule has 1 unspecified atom stereocenters. The fourth-order valence-electron chi connectivity index (χ4n) is 1.87. The highest BCUT2D eigenvalue weighted by atomic mass is 15.1. The fraction of sp³-hybridized carbons (Fsp3) is 1.00. The Hall–Kier alpha value is -0.120. The Bertz CT molecular complexity index is 148. The van der Waals surface area contributed by atoms with E-state index in [1.165, 1.54) is 32.5 Å². The predicted molar refractivity (Wildman–Crippen MR) is 73.0 cm³/mol. The number of hydrogen-bond donors (Lipinski definition) is 1. The van der Waals surface area contributed by atoms with E-state index in [4.69, 9.17) is 0 Å². The van der Waals surface area contributed by atoms with E-state index in [0.29, 0.717) is 0 Å². The van der Waals surface area contributed by atoms with Gasteiger partial charge < -0.3 is 15.1 Å². The van der Waals surface area contributed by atoms with Crippen molar-refractivity contribution in [3.8, 4) is 0 Å². The number of nitrogens with one attached hydrogen (secondary N) is 1. The van der Waals surface area contributed by atoms with Gasteiger partial charge in [0.05, 0.1) is 0 Å². The van der Waals surface area contributed by atoms with Gasteiger partial charge in [0.15, 0.2) is 0 Å². The van der Waals surface area contributed by atoms with Crippen LogP contribution in [-0.2, 0) is 0 Å². The standard InChI is InChI=1S/C13H31N3/c1-6-8-14-11-13(2)12-16(5)10-7-9-15(3)4/h13-14H,6-12H2,1-5H3. The van der Waals surface area contributed by atoms with Gasteiger partial charge in [-0.1, -0.05) is 13.8 Å². The van der Waals surface area contributed by atoms with Crippen LogP contribution in [0.4, 0.5) is 0 Å². The Kier molecular flexibility index (Phi) is 9.99. The SMILES string of the molecule is CCCNCC(C)CN(C)CCCN(C)C. The smallest absolute Gasteiger partial charge is 0.00161 e. The lowest BCUT2D eigenvalue weighted by Gasteiger charge is -2.22. The Morgan fingerprint density at radius 2 is 1.81 bits per heavy atom. The third-order valence-electron chi connectivity index (χ3n) is 2.69. The van der Waals surface area contributed by atoms with Crippen molar-refractivity contribution in [1.29, 1.82) is 0 Å². The molecule has 0 aliphatic rings. The molecule has 0 bridgehead atoms. The lowest BCUT2D eigenvalue weighted by molar-refractivity contribution is 0.263. The van der Waals surface area contributed by atoms with Gasteiger partial charge in [-0.15, -0.1) is 0 Å². The van der Waals surface area contributed by atoms with Gasteiger partial charge in [0.2, 0.25) is 0 Å². The molecule has 0 fully saturated rings. The number of nitrogens with zero attached hydrogens (tertiary/aromatic N) is 2. The first kappa shape index (κ1) is 15.9. The second kappa shape index (κ2) is 10.1. The third-order valence-corrected chi connectivity index (χ3v) is 2.69. The molecule has 0 saturated carbocycles. The lowest BCUT2D eigenvalue weighted by atomic mass is 10.1. The van der Waals surface area contributed by atoms with Crippen molar-refractivity contribution in [1.82, 2.24) is 15.1 Å². The summed E-state index contributed by atoms with van der Waals surface area (Å²) >= 11 is 0. The van der Waals surface area contributed by atoms with E-state index in [0.717, 1.165) is 19.0 Å². The van der Waals surface area contributed by atoms with Crippen molar-refractivity contribution in [3.05, 3.63) is 0 Å². The molecule has 0 aliphatic carbocycles. The summed E-state index contributed by atoms with van der Waals surface area (Å²) in [4.78, 5) is 4.70. The van der Waals surface area contributed by atoms with Gasteiger partial charge in [0.25, 0.3) is 0 Å². The molecule has 0 aromatic carbocycles. The Labute approximate surface area is 102 Å². The van der Waals surface area contributed by atoms with Crippen molar-refractivity contribution < 1.29 is 0 Å². The van der Waals surface area contributed by atoms with Crippen LogP contribution in [-0.4, -0.2) is 63.7 Å². The molecule has 0 radical (unpaired) electrons. The van der Waals surface area contributed by atoms with Crippen molar-refractivity contribution >= 4 is 0 Å². The molecule has 3 nitrogen and oxygen atoms in total. The van der Waals surface area contributed by atoms with Gasteiger partial charge in [-0.25, -0.2) is 0 Å². The molecule has 98 valence electrons. The van der Waals surface area contributed by atoms with Crippen LogP contribution in [0.5, 0.6) is 0 Å². The first-order valence-electron chi connectivity index (χ1n) is 6.60. The molecular weight excluding hydrogens is 198 g/mol. The van der Waals surface area contributed by atoms with Crippen LogP contribution in [0.1, 0.15) is 26.7 Å². The van der Waals surface area contributed by atoms with Gasteiger partial charge in [-0.2, -0.15) is 0 Å². The monoisotopic (exact) mass is 229 g/mol. The summed E-state index contributed by atoms with van der Waals surface area (Å²) < 4.78 is 0. The summed E-state index contributed by atoms with van der Waals surface area (Å²) in [6.07, 6.45) is 2.49. The van der Waals surface area contributed by atoms with Crippen molar-refractivity contribution in [2.75, 3.05) is 53.9 Å². The topological polar surface area (TPSA) is 18.5 Å². The zero-order chi connectivity index (χ0) is 12.4. The Morgan fingerprint density at radius 3 is 2.38 bits per heavy atom. The molecule has 0 rings (SSSR count). The Morgan fingerprint density at radius 1 is 1.12 bits per heavy atom. The van der Waals surface area contributed by atoms with Gasteiger partial charge >= 0.3 is 0 Å². The highest BCUT2D eigenvalue weighted by Gasteiger charge is 2.05. The molecule has 16 heavy (non-hydrogen) atoms. The summed E-state index contributed by atoms with van der Waals surface area (Å²) in [5, 5.41) is 3.48. The minimum absolute atomic E-state index is 0.746. The fourth-order valence-corrected chi connectivity index (χ4v) is 1.87. The van der Waals surface area contributed by atoms with Crippen LogP contribution in [0.3, 0.4) is 0 Å². The summed E-state index contributed by atoms with van der Waals surface area (Å²) in [7, 11) is 6.50. The van der Waals surface area contributed by atoms with Crippen molar-refractivity contribution in [3.63, 3.8) is 0 Å². The van der Waals surface area contributed by atoms with E-state index in [2.05, 4.69) is 50.1 Å². The molecular formula is C13H31N3. The molecule has 0 saturated heterocycles. The van der Waals surface area contributed by atoms with Gasteiger partial charge in [0, 0.05) is 6.54 Å². The van der Waals surface area contributed by atoms with Crippen LogP contribution in [0.15, 0.2) is 0 Å². The minimum atomic E-state index is 0.746. The van der Waals surface area contributed by atoms with Gasteiger partial charge in [-0.05, 0) is 66.1 Å².